The van der Waals surface area contributed by atoms with Crippen molar-refractivity contribution in [2.24, 2.45) is 0 Å². The normalized spacial score (nSPS) is 11.7. The average Bonchev–Trinajstić information content (AvgIpc) is 3.13. The van der Waals surface area contributed by atoms with E-state index < -0.39 is 10.1 Å². The molecule has 170 valence electrons. The predicted octanol–water partition coefficient (Wildman–Crippen LogP) is 3.88. The van der Waals surface area contributed by atoms with Crippen LogP contribution in [-0.4, -0.2) is 22.9 Å². The van der Waals surface area contributed by atoms with E-state index in [4.69, 9.17) is 0 Å². The van der Waals surface area contributed by atoms with Crippen molar-refractivity contribution in [2.45, 2.75) is 115 Å². The van der Waals surface area contributed by atoms with Crippen molar-refractivity contribution in [3.63, 3.8) is 0 Å². The molecule has 2 rings (SSSR count). The van der Waals surface area contributed by atoms with E-state index in [1.807, 2.05) is 0 Å². The van der Waals surface area contributed by atoms with Crippen LogP contribution in [0.2, 0.25) is 0 Å². The number of imidazole rings is 1. The van der Waals surface area contributed by atoms with Crippen molar-refractivity contribution < 1.29 is 42.5 Å². The topological polar surface area (TPSA) is 85.9 Å². The summed E-state index contributed by atoms with van der Waals surface area (Å²) in [6.07, 6.45) is 20.7. The Balaban J connectivity index is 0.00000480. The SMILES string of the molecule is CCCCCCCCCCCCCCCCCc1nc2c(S(=O)(=O)[O-])cccc2[nH]1.[Na+]. The minimum atomic E-state index is -4.50. The van der Waals surface area contributed by atoms with Crippen molar-refractivity contribution in [1.82, 2.24) is 9.97 Å². The Labute approximate surface area is 211 Å². The molecule has 0 amide bonds. The Bertz CT molecular complexity index is 836. The zero-order chi connectivity index (χ0) is 21.7. The van der Waals surface area contributed by atoms with Gasteiger partial charge in [0.05, 0.1) is 10.4 Å². The first kappa shape index (κ1) is 28.6. The van der Waals surface area contributed by atoms with Gasteiger partial charge in [-0.2, -0.15) is 0 Å². The van der Waals surface area contributed by atoms with Crippen LogP contribution in [0, 0.1) is 0 Å². The molecule has 0 aliphatic carbocycles. The van der Waals surface area contributed by atoms with Crippen molar-refractivity contribution >= 4 is 21.2 Å². The van der Waals surface area contributed by atoms with Crippen LogP contribution in [-0.2, 0) is 16.5 Å². The van der Waals surface area contributed by atoms with Crippen LogP contribution in [0.3, 0.4) is 0 Å². The fourth-order valence-corrected chi connectivity index (χ4v) is 4.68. The predicted molar refractivity (Wildman–Crippen MR) is 123 cm³/mol. The molecule has 0 saturated carbocycles. The van der Waals surface area contributed by atoms with E-state index >= 15 is 0 Å². The molecule has 0 unspecified atom stereocenters. The zero-order valence-electron chi connectivity index (χ0n) is 19.6. The molecule has 0 spiro atoms. The van der Waals surface area contributed by atoms with Gasteiger partial charge in [0.1, 0.15) is 21.5 Å². The second-order valence-corrected chi connectivity index (χ2v) is 9.84. The van der Waals surface area contributed by atoms with E-state index in [0.29, 0.717) is 5.52 Å². The van der Waals surface area contributed by atoms with Crippen molar-refractivity contribution in [3.05, 3.63) is 24.0 Å². The third-order valence-electron chi connectivity index (χ3n) is 5.81. The van der Waals surface area contributed by atoms with Crippen LogP contribution in [0.4, 0.5) is 0 Å². The quantitative estimate of drug-likeness (QED) is 0.221. The Morgan fingerprint density at radius 1 is 0.806 bits per heavy atom. The molecule has 0 atom stereocenters. The molecule has 0 radical (unpaired) electrons. The molecular formula is C24H39N2NaO3S. The number of benzene rings is 1. The molecule has 0 aliphatic heterocycles. The molecule has 0 aliphatic rings. The largest absolute Gasteiger partial charge is 1.00 e. The van der Waals surface area contributed by atoms with Gasteiger partial charge in [0, 0.05) is 6.42 Å². The molecule has 2 aromatic rings. The van der Waals surface area contributed by atoms with E-state index in [-0.39, 0.29) is 40.0 Å². The molecule has 0 saturated heterocycles. The second kappa shape index (κ2) is 16.2. The standard InChI is InChI=1S/C24H40N2O3S.Na/c1-2-3-4-5-6-7-8-9-10-11-12-13-14-15-16-20-23-25-21-18-17-19-22(24(21)26-23)30(27,28)29;/h17-19H,2-16,20H2,1H3,(H,25,26)(H,27,28,29);/q;+1/p-1. The fraction of sp³-hybridized carbons (Fsp3) is 0.708. The van der Waals surface area contributed by atoms with Crippen LogP contribution in [0.15, 0.2) is 23.1 Å². The van der Waals surface area contributed by atoms with Gasteiger partial charge < -0.3 is 9.54 Å². The number of aromatic nitrogens is 2. The molecule has 5 nitrogen and oxygen atoms in total. The summed E-state index contributed by atoms with van der Waals surface area (Å²) < 4.78 is 34.1. The molecule has 1 aromatic heterocycles. The van der Waals surface area contributed by atoms with Crippen LogP contribution in [0.5, 0.6) is 0 Å². The maximum absolute atomic E-state index is 11.4. The molecule has 1 N–H and O–H groups in total. The Morgan fingerprint density at radius 3 is 1.77 bits per heavy atom. The van der Waals surface area contributed by atoms with Gasteiger partial charge in [-0.15, -0.1) is 0 Å². The van der Waals surface area contributed by atoms with Crippen LogP contribution >= 0.6 is 0 Å². The zero-order valence-corrected chi connectivity index (χ0v) is 22.4. The number of hydrogen-bond acceptors (Lipinski definition) is 4. The summed E-state index contributed by atoms with van der Waals surface area (Å²) in [7, 11) is -4.50. The van der Waals surface area contributed by atoms with Crippen LogP contribution in [0.1, 0.15) is 109 Å². The first-order chi connectivity index (χ1) is 14.5. The molecule has 31 heavy (non-hydrogen) atoms. The first-order valence-corrected chi connectivity index (χ1v) is 13.4. The maximum Gasteiger partial charge on any atom is 1.00 e. The number of nitrogens with zero attached hydrogens (tertiary/aromatic N) is 1. The molecular weight excluding hydrogens is 419 g/mol. The number of aromatic amines is 1. The van der Waals surface area contributed by atoms with Gasteiger partial charge in [-0.3, -0.25) is 0 Å². The Morgan fingerprint density at radius 2 is 1.29 bits per heavy atom. The van der Waals surface area contributed by atoms with Gasteiger partial charge in [-0.1, -0.05) is 103 Å². The van der Waals surface area contributed by atoms with E-state index in [1.165, 1.54) is 89.5 Å². The smallest absolute Gasteiger partial charge is 0.744 e. The summed E-state index contributed by atoms with van der Waals surface area (Å²) in [4.78, 5) is 7.25. The monoisotopic (exact) mass is 458 g/mol. The number of aryl methyl sites for hydroxylation is 1. The minimum Gasteiger partial charge on any atom is -0.744 e. The Hall–Kier alpha value is -0.400. The van der Waals surface area contributed by atoms with E-state index in [9.17, 15) is 13.0 Å². The minimum absolute atomic E-state index is 0. The molecule has 0 bridgehead atoms. The summed E-state index contributed by atoms with van der Waals surface area (Å²) >= 11 is 0. The van der Waals surface area contributed by atoms with Gasteiger partial charge >= 0.3 is 29.6 Å². The molecule has 1 heterocycles. The number of para-hydroxylation sites is 1. The van der Waals surface area contributed by atoms with Gasteiger partial charge in [0.25, 0.3) is 0 Å². The van der Waals surface area contributed by atoms with Gasteiger partial charge in [-0.25, -0.2) is 13.4 Å². The average molecular weight is 459 g/mol. The molecule has 0 fully saturated rings. The summed E-state index contributed by atoms with van der Waals surface area (Å²) in [6, 6.07) is 4.65. The number of nitrogens with one attached hydrogen (secondary N) is 1. The Kier molecular flexibility index (Phi) is 15.0. The van der Waals surface area contributed by atoms with Gasteiger partial charge in [0.2, 0.25) is 0 Å². The first-order valence-electron chi connectivity index (χ1n) is 12.0. The van der Waals surface area contributed by atoms with Crippen molar-refractivity contribution in [3.8, 4) is 0 Å². The summed E-state index contributed by atoms with van der Waals surface area (Å²) in [5.41, 5.74) is 0.881. The molecule has 7 heteroatoms. The third-order valence-corrected chi connectivity index (χ3v) is 6.68. The van der Waals surface area contributed by atoms with Crippen LogP contribution < -0.4 is 29.6 Å². The summed E-state index contributed by atoms with van der Waals surface area (Å²) in [5, 5.41) is 0. The van der Waals surface area contributed by atoms with Crippen molar-refractivity contribution in [1.29, 1.82) is 0 Å². The number of fused-ring (bicyclic) bond motifs is 1. The summed E-state index contributed by atoms with van der Waals surface area (Å²) in [5.74, 6) is 0.760. The summed E-state index contributed by atoms with van der Waals surface area (Å²) in [6.45, 7) is 2.27. The van der Waals surface area contributed by atoms with Crippen molar-refractivity contribution in [2.75, 3.05) is 0 Å². The van der Waals surface area contributed by atoms with E-state index in [0.717, 1.165) is 25.1 Å². The fourth-order valence-electron chi connectivity index (χ4n) is 4.04. The number of hydrogen-bond donors (Lipinski definition) is 1. The maximum atomic E-state index is 11.4. The second-order valence-electron chi connectivity index (χ2n) is 8.49. The van der Waals surface area contributed by atoms with Crippen LogP contribution in [0.25, 0.3) is 11.0 Å². The van der Waals surface area contributed by atoms with E-state index in [2.05, 4.69) is 16.9 Å². The number of H-pyrrole nitrogens is 1. The van der Waals surface area contributed by atoms with E-state index in [1.54, 1.807) is 12.1 Å². The van der Waals surface area contributed by atoms with Gasteiger partial charge in [-0.05, 0) is 18.6 Å². The van der Waals surface area contributed by atoms with Gasteiger partial charge in [0.15, 0.2) is 0 Å². The third kappa shape index (κ3) is 11.3. The molecule has 1 aromatic carbocycles. The number of unbranched alkanes of at least 4 members (excludes halogenated alkanes) is 14. The number of rotatable bonds is 17.